The summed E-state index contributed by atoms with van der Waals surface area (Å²) < 4.78 is 5.32. The standard InChI is InChI=1S/C15H16N2O3S/c1-20-13-5-3-2-4-11(13)14-16-12(9-21-14)15(19)17-7-6-10(18)8-17/h2-5,9-10,18H,6-8H2,1H3/t10-/m0/s1. The van der Waals surface area contributed by atoms with Crippen molar-refractivity contribution in [2.45, 2.75) is 12.5 Å². The highest BCUT2D eigenvalue weighted by molar-refractivity contribution is 7.13. The zero-order chi connectivity index (χ0) is 14.8. The van der Waals surface area contributed by atoms with Crippen molar-refractivity contribution in [3.63, 3.8) is 0 Å². The van der Waals surface area contributed by atoms with Crippen LogP contribution in [0.25, 0.3) is 10.6 Å². The summed E-state index contributed by atoms with van der Waals surface area (Å²) in [5, 5.41) is 12.0. The van der Waals surface area contributed by atoms with Gasteiger partial charge in [0.05, 0.1) is 18.8 Å². The van der Waals surface area contributed by atoms with Crippen LogP contribution in [0.15, 0.2) is 29.6 Å². The van der Waals surface area contributed by atoms with Crippen LogP contribution in [-0.4, -0.2) is 47.2 Å². The van der Waals surface area contributed by atoms with Gasteiger partial charge in [-0.25, -0.2) is 4.98 Å². The summed E-state index contributed by atoms with van der Waals surface area (Å²) in [5.74, 6) is 0.617. The van der Waals surface area contributed by atoms with E-state index in [-0.39, 0.29) is 5.91 Å². The number of para-hydroxylation sites is 1. The zero-order valence-corrected chi connectivity index (χ0v) is 12.5. The van der Waals surface area contributed by atoms with Crippen molar-refractivity contribution in [1.82, 2.24) is 9.88 Å². The van der Waals surface area contributed by atoms with Gasteiger partial charge in [0, 0.05) is 18.5 Å². The van der Waals surface area contributed by atoms with Gasteiger partial charge in [0.25, 0.3) is 5.91 Å². The van der Waals surface area contributed by atoms with E-state index in [1.807, 2.05) is 24.3 Å². The normalized spacial score (nSPS) is 18.0. The number of likely N-dealkylation sites (tertiary alicyclic amines) is 1. The second-order valence-corrected chi connectivity index (χ2v) is 5.79. The van der Waals surface area contributed by atoms with Crippen molar-refractivity contribution in [1.29, 1.82) is 0 Å². The predicted molar refractivity (Wildman–Crippen MR) is 80.6 cm³/mol. The lowest BCUT2D eigenvalue weighted by Crippen LogP contribution is -2.29. The number of hydrogen-bond acceptors (Lipinski definition) is 5. The van der Waals surface area contributed by atoms with E-state index in [0.717, 1.165) is 16.3 Å². The molecule has 2 aromatic rings. The van der Waals surface area contributed by atoms with Crippen molar-refractivity contribution < 1.29 is 14.6 Å². The second kappa shape index (κ2) is 5.83. The van der Waals surface area contributed by atoms with E-state index in [4.69, 9.17) is 4.74 Å². The van der Waals surface area contributed by atoms with Gasteiger partial charge in [0.15, 0.2) is 0 Å². The van der Waals surface area contributed by atoms with Gasteiger partial charge in [0.1, 0.15) is 16.5 Å². The molecule has 0 unspecified atom stereocenters. The van der Waals surface area contributed by atoms with E-state index in [1.165, 1.54) is 11.3 Å². The number of ether oxygens (including phenoxy) is 1. The third-order valence-electron chi connectivity index (χ3n) is 3.51. The minimum atomic E-state index is -0.415. The Morgan fingerprint density at radius 2 is 2.29 bits per heavy atom. The Kier molecular flexibility index (Phi) is 3.90. The Hall–Kier alpha value is -1.92. The third kappa shape index (κ3) is 2.77. The molecule has 1 fully saturated rings. The molecule has 5 nitrogen and oxygen atoms in total. The number of benzene rings is 1. The van der Waals surface area contributed by atoms with Crippen LogP contribution in [0.2, 0.25) is 0 Å². The molecule has 6 heteroatoms. The second-order valence-electron chi connectivity index (χ2n) is 4.93. The molecule has 1 amide bonds. The topological polar surface area (TPSA) is 62.7 Å². The number of aliphatic hydroxyl groups is 1. The van der Waals surface area contributed by atoms with E-state index in [9.17, 15) is 9.90 Å². The van der Waals surface area contributed by atoms with Gasteiger partial charge in [-0.3, -0.25) is 4.79 Å². The highest BCUT2D eigenvalue weighted by atomic mass is 32.1. The molecule has 0 aliphatic carbocycles. The fourth-order valence-electron chi connectivity index (χ4n) is 2.41. The van der Waals surface area contributed by atoms with Crippen molar-refractivity contribution in [2.75, 3.05) is 20.2 Å². The SMILES string of the molecule is COc1ccccc1-c1nc(C(=O)N2CC[C@H](O)C2)cs1. The number of carbonyl (C=O) groups excluding carboxylic acids is 1. The van der Waals surface area contributed by atoms with Crippen molar-refractivity contribution in [2.24, 2.45) is 0 Å². The first-order valence-corrected chi connectivity index (χ1v) is 7.63. The molecule has 1 saturated heterocycles. The molecule has 2 heterocycles. The van der Waals surface area contributed by atoms with Crippen LogP contribution in [0.4, 0.5) is 0 Å². The molecule has 1 N–H and O–H groups in total. The molecule has 21 heavy (non-hydrogen) atoms. The molecule has 1 atom stereocenters. The Morgan fingerprint density at radius 3 is 3.00 bits per heavy atom. The highest BCUT2D eigenvalue weighted by Gasteiger charge is 2.27. The minimum Gasteiger partial charge on any atom is -0.496 e. The molecule has 1 aromatic carbocycles. The molecular formula is C15H16N2O3S. The summed E-state index contributed by atoms with van der Waals surface area (Å²) in [4.78, 5) is 18.4. The molecule has 1 aromatic heterocycles. The van der Waals surface area contributed by atoms with Gasteiger partial charge in [0.2, 0.25) is 0 Å². The van der Waals surface area contributed by atoms with Crippen LogP contribution in [0.3, 0.4) is 0 Å². The molecule has 0 saturated carbocycles. The maximum atomic E-state index is 12.3. The number of amides is 1. The fraction of sp³-hybridized carbons (Fsp3) is 0.333. The van der Waals surface area contributed by atoms with Gasteiger partial charge in [-0.1, -0.05) is 12.1 Å². The van der Waals surface area contributed by atoms with Gasteiger partial charge < -0.3 is 14.7 Å². The lowest BCUT2D eigenvalue weighted by Gasteiger charge is -2.13. The maximum absolute atomic E-state index is 12.3. The first-order valence-electron chi connectivity index (χ1n) is 6.75. The molecule has 0 bridgehead atoms. The van der Waals surface area contributed by atoms with Crippen LogP contribution >= 0.6 is 11.3 Å². The van der Waals surface area contributed by atoms with Gasteiger partial charge in [-0.15, -0.1) is 11.3 Å². The number of methoxy groups -OCH3 is 1. The summed E-state index contributed by atoms with van der Waals surface area (Å²) >= 11 is 1.42. The predicted octanol–water partition coefficient (Wildman–Crippen LogP) is 2.03. The monoisotopic (exact) mass is 304 g/mol. The summed E-state index contributed by atoms with van der Waals surface area (Å²) in [6.45, 7) is 0.974. The highest BCUT2D eigenvalue weighted by Crippen LogP contribution is 2.32. The first-order chi connectivity index (χ1) is 10.2. The number of aliphatic hydroxyl groups excluding tert-OH is 1. The van der Waals surface area contributed by atoms with Crippen LogP contribution in [0.1, 0.15) is 16.9 Å². The quantitative estimate of drug-likeness (QED) is 0.942. The number of thiazole rings is 1. The van der Waals surface area contributed by atoms with E-state index in [0.29, 0.717) is 25.2 Å². The van der Waals surface area contributed by atoms with Crippen molar-refractivity contribution in [3.8, 4) is 16.3 Å². The van der Waals surface area contributed by atoms with E-state index in [1.54, 1.807) is 17.4 Å². The van der Waals surface area contributed by atoms with E-state index >= 15 is 0 Å². The van der Waals surface area contributed by atoms with Gasteiger partial charge >= 0.3 is 0 Å². The minimum absolute atomic E-state index is 0.121. The molecule has 1 aliphatic heterocycles. The van der Waals surface area contributed by atoms with Crippen molar-refractivity contribution >= 4 is 17.2 Å². The molecule has 3 rings (SSSR count). The van der Waals surface area contributed by atoms with E-state index in [2.05, 4.69) is 4.98 Å². The third-order valence-corrected chi connectivity index (χ3v) is 4.39. The Labute approximate surface area is 126 Å². The van der Waals surface area contributed by atoms with Crippen LogP contribution in [0.5, 0.6) is 5.75 Å². The smallest absolute Gasteiger partial charge is 0.273 e. The maximum Gasteiger partial charge on any atom is 0.273 e. The number of hydrogen-bond donors (Lipinski definition) is 1. The summed E-state index contributed by atoms with van der Waals surface area (Å²) in [6.07, 6.45) is 0.219. The average molecular weight is 304 g/mol. The lowest BCUT2D eigenvalue weighted by molar-refractivity contribution is 0.0760. The molecule has 1 aliphatic rings. The number of nitrogens with zero attached hydrogens (tertiary/aromatic N) is 2. The van der Waals surface area contributed by atoms with Crippen LogP contribution in [0, 0.1) is 0 Å². The molecule has 110 valence electrons. The molecule has 0 radical (unpaired) electrons. The Balaban J connectivity index is 1.85. The van der Waals surface area contributed by atoms with Gasteiger partial charge in [-0.05, 0) is 18.6 Å². The number of carbonyl (C=O) groups is 1. The molecular weight excluding hydrogens is 288 g/mol. The van der Waals surface area contributed by atoms with Gasteiger partial charge in [-0.2, -0.15) is 0 Å². The average Bonchev–Trinajstić information content (AvgIpc) is 3.15. The fourth-order valence-corrected chi connectivity index (χ4v) is 3.23. The van der Waals surface area contributed by atoms with Crippen molar-refractivity contribution in [3.05, 3.63) is 35.3 Å². The first kappa shape index (κ1) is 14.0. The zero-order valence-electron chi connectivity index (χ0n) is 11.7. The van der Waals surface area contributed by atoms with Crippen LogP contribution in [-0.2, 0) is 0 Å². The summed E-state index contributed by atoms with van der Waals surface area (Å²) in [7, 11) is 1.62. The Morgan fingerprint density at radius 1 is 1.48 bits per heavy atom. The summed E-state index contributed by atoms with van der Waals surface area (Å²) in [5.41, 5.74) is 1.31. The summed E-state index contributed by atoms with van der Waals surface area (Å²) in [6, 6.07) is 7.60. The largest absolute Gasteiger partial charge is 0.496 e. The Bertz CT molecular complexity index is 656. The number of rotatable bonds is 3. The number of β-amino-alcohol motifs (C(OH)–C–C–N with tert-alkyl or cyclic N) is 1. The lowest BCUT2D eigenvalue weighted by atomic mass is 10.2. The molecule has 0 spiro atoms. The van der Waals surface area contributed by atoms with Crippen LogP contribution < -0.4 is 4.74 Å². The number of aromatic nitrogens is 1. The van der Waals surface area contributed by atoms with E-state index < -0.39 is 6.10 Å².